The zero-order valence-corrected chi connectivity index (χ0v) is 8.31. The number of rotatable bonds is 2. The number of aliphatic hydroxyl groups is 1. The Balaban J connectivity index is 2.44. The molecule has 0 aromatic carbocycles. The lowest BCUT2D eigenvalue weighted by molar-refractivity contribution is 0.0591. The van der Waals surface area contributed by atoms with Crippen molar-refractivity contribution in [2.45, 2.75) is 26.0 Å². The molecule has 2 aromatic rings. The number of hydrogen-bond donors (Lipinski definition) is 1. The SMILES string of the molecule is CC(C)(O)Cn1ncc2ncccc21. The highest BCUT2D eigenvalue weighted by Gasteiger charge is 2.15. The monoisotopic (exact) mass is 191 g/mol. The van der Waals surface area contributed by atoms with Crippen LogP contribution < -0.4 is 0 Å². The van der Waals surface area contributed by atoms with E-state index in [0.29, 0.717) is 6.54 Å². The topological polar surface area (TPSA) is 50.9 Å². The van der Waals surface area contributed by atoms with Gasteiger partial charge in [-0.3, -0.25) is 9.67 Å². The van der Waals surface area contributed by atoms with Crippen LogP contribution in [0.3, 0.4) is 0 Å². The predicted octanol–water partition coefficient (Wildman–Crippen LogP) is 1.20. The maximum atomic E-state index is 9.67. The van der Waals surface area contributed by atoms with Crippen molar-refractivity contribution in [1.82, 2.24) is 14.8 Å². The third-order valence-corrected chi connectivity index (χ3v) is 1.95. The van der Waals surface area contributed by atoms with Crippen molar-refractivity contribution >= 4 is 11.0 Å². The first-order valence-electron chi connectivity index (χ1n) is 4.55. The van der Waals surface area contributed by atoms with Crippen molar-refractivity contribution in [3.8, 4) is 0 Å². The Hall–Kier alpha value is -1.42. The lowest BCUT2D eigenvalue weighted by Gasteiger charge is -2.17. The van der Waals surface area contributed by atoms with E-state index in [1.54, 1.807) is 30.9 Å². The molecule has 0 fully saturated rings. The van der Waals surface area contributed by atoms with Crippen molar-refractivity contribution in [3.05, 3.63) is 24.5 Å². The summed E-state index contributed by atoms with van der Waals surface area (Å²) in [7, 11) is 0. The first kappa shape index (κ1) is 9.15. The molecule has 2 heterocycles. The number of pyridine rings is 1. The molecule has 4 nitrogen and oxygen atoms in total. The zero-order valence-electron chi connectivity index (χ0n) is 8.31. The molecule has 0 saturated carbocycles. The summed E-state index contributed by atoms with van der Waals surface area (Å²) < 4.78 is 1.77. The van der Waals surface area contributed by atoms with Crippen LogP contribution in [0.5, 0.6) is 0 Å². The largest absolute Gasteiger partial charge is 0.389 e. The summed E-state index contributed by atoms with van der Waals surface area (Å²) in [5, 5.41) is 13.8. The van der Waals surface area contributed by atoms with E-state index in [2.05, 4.69) is 10.1 Å². The maximum absolute atomic E-state index is 9.67. The average molecular weight is 191 g/mol. The molecule has 1 N–H and O–H groups in total. The molecule has 74 valence electrons. The van der Waals surface area contributed by atoms with E-state index in [4.69, 9.17) is 0 Å². The Morgan fingerprint density at radius 2 is 2.29 bits per heavy atom. The molecular formula is C10H13N3O. The summed E-state index contributed by atoms with van der Waals surface area (Å²) in [5.74, 6) is 0. The van der Waals surface area contributed by atoms with Crippen molar-refractivity contribution in [2.24, 2.45) is 0 Å². The summed E-state index contributed by atoms with van der Waals surface area (Å²) in [6, 6.07) is 3.81. The van der Waals surface area contributed by atoms with E-state index in [1.165, 1.54) is 0 Å². The first-order chi connectivity index (χ1) is 6.56. The molecule has 4 heteroatoms. The summed E-state index contributed by atoms with van der Waals surface area (Å²) in [6.45, 7) is 4.00. The van der Waals surface area contributed by atoms with Crippen LogP contribution in [0.25, 0.3) is 11.0 Å². The third kappa shape index (κ3) is 1.75. The van der Waals surface area contributed by atoms with Gasteiger partial charge in [-0.25, -0.2) is 0 Å². The number of hydrogen-bond acceptors (Lipinski definition) is 3. The van der Waals surface area contributed by atoms with Gasteiger partial charge in [0.1, 0.15) is 5.52 Å². The van der Waals surface area contributed by atoms with Gasteiger partial charge >= 0.3 is 0 Å². The van der Waals surface area contributed by atoms with Crippen molar-refractivity contribution in [3.63, 3.8) is 0 Å². The fraction of sp³-hybridized carbons (Fsp3) is 0.400. The van der Waals surface area contributed by atoms with Crippen LogP contribution >= 0.6 is 0 Å². The summed E-state index contributed by atoms with van der Waals surface area (Å²) in [5.41, 5.74) is 1.06. The molecule has 0 amide bonds. The summed E-state index contributed by atoms with van der Waals surface area (Å²) in [6.07, 6.45) is 3.44. The van der Waals surface area contributed by atoms with E-state index >= 15 is 0 Å². The van der Waals surface area contributed by atoms with Crippen LogP contribution in [0.1, 0.15) is 13.8 Å². The second-order valence-electron chi connectivity index (χ2n) is 4.02. The van der Waals surface area contributed by atoms with E-state index in [0.717, 1.165) is 11.0 Å². The molecule has 0 radical (unpaired) electrons. The predicted molar refractivity (Wildman–Crippen MR) is 53.8 cm³/mol. The van der Waals surface area contributed by atoms with Gasteiger partial charge in [-0.1, -0.05) is 0 Å². The second-order valence-corrected chi connectivity index (χ2v) is 4.02. The number of fused-ring (bicyclic) bond motifs is 1. The lowest BCUT2D eigenvalue weighted by Crippen LogP contribution is -2.26. The van der Waals surface area contributed by atoms with Crippen LogP contribution in [0.4, 0.5) is 0 Å². The Morgan fingerprint density at radius 1 is 1.50 bits per heavy atom. The second kappa shape index (κ2) is 3.06. The van der Waals surface area contributed by atoms with Gasteiger partial charge in [0, 0.05) is 6.20 Å². The molecule has 0 aliphatic heterocycles. The van der Waals surface area contributed by atoms with E-state index in [9.17, 15) is 5.11 Å². The molecule has 2 aromatic heterocycles. The third-order valence-electron chi connectivity index (χ3n) is 1.95. The van der Waals surface area contributed by atoms with E-state index in [1.807, 2.05) is 12.1 Å². The zero-order chi connectivity index (χ0) is 10.2. The van der Waals surface area contributed by atoms with Gasteiger partial charge in [-0.2, -0.15) is 5.10 Å². The van der Waals surface area contributed by atoms with Crippen LogP contribution in [0.15, 0.2) is 24.5 Å². The van der Waals surface area contributed by atoms with Gasteiger partial charge in [0.2, 0.25) is 0 Å². The standard InChI is InChI=1S/C10H13N3O/c1-10(2,14)7-13-9-4-3-5-11-8(9)6-12-13/h3-6,14H,7H2,1-2H3. The summed E-state index contributed by atoms with van der Waals surface area (Å²) in [4.78, 5) is 4.17. The Kier molecular flexibility index (Phi) is 2.00. The molecule has 0 aliphatic carbocycles. The van der Waals surface area contributed by atoms with Crippen LogP contribution in [0.2, 0.25) is 0 Å². The minimum atomic E-state index is -0.755. The highest BCUT2D eigenvalue weighted by molar-refractivity contribution is 5.73. The molecule has 14 heavy (non-hydrogen) atoms. The van der Waals surface area contributed by atoms with E-state index < -0.39 is 5.60 Å². The molecular weight excluding hydrogens is 178 g/mol. The quantitative estimate of drug-likeness (QED) is 0.776. The Labute approximate surface area is 82.2 Å². The van der Waals surface area contributed by atoms with Gasteiger partial charge in [0.25, 0.3) is 0 Å². The van der Waals surface area contributed by atoms with Gasteiger partial charge in [-0.15, -0.1) is 0 Å². The molecule has 0 aliphatic rings. The molecule has 2 rings (SSSR count). The van der Waals surface area contributed by atoms with Crippen molar-refractivity contribution in [1.29, 1.82) is 0 Å². The number of nitrogens with zero attached hydrogens (tertiary/aromatic N) is 3. The minimum Gasteiger partial charge on any atom is -0.389 e. The normalized spacial score (nSPS) is 12.2. The van der Waals surface area contributed by atoms with Crippen LogP contribution in [-0.4, -0.2) is 25.5 Å². The Morgan fingerprint density at radius 3 is 3.00 bits per heavy atom. The molecule has 0 bridgehead atoms. The number of aromatic nitrogens is 3. The van der Waals surface area contributed by atoms with Crippen molar-refractivity contribution < 1.29 is 5.11 Å². The first-order valence-corrected chi connectivity index (χ1v) is 4.55. The smallest absolute Gasteiger partial charge is 0.108 e. The van der Waals surface area contributed by atoms with Gasteiger partial charge in [0.15, 0.2) is 0 Å². The van der Waals surface area contributed by atoms with Gasteiger partial charge in [-0.05, 0) is 26.0 Å². The lowest BCUT2D eigenvalue weighted by atomic mass is 10.1. The van der Waals surface area contributed by atoms with Crippen LogP contribution in [0, 0.1) is 0 Å². The average Bonchev–Trinajstić information content (AvgIpc) is 2.47. The highest BCUT2D eigenvalue weighted by atomic mass is 16.3. The van der Waals surface area contributed by atoms with E-state index in [-0.39, 0.29) is 0 Å². The minimum absolute atomic E-state index is 0.474. The Bertz CT molecular complexity index is 442. The molecule has 0 spiro atoms. The fourth-order valence-electron chi connectivity index (χ4n) is 1.41. The maximum Gasteiger partial charge on any atom is 0.108 e. The molecule has 0 saturated heterocycles. The van der Waals surface area contributed by atoms with Crippen LogP contribution in [-0.2, 0) is 6.54 Å². The fourth-order valence-corrected chi connectivity index (χ4v) is 1.41. The van der Waals surface area contributed by atoms with Gasteiger partial charge in [0.05, 0.1) is 23.9 Å². The van der Waals surface area contributed by atoms with Crippen molar-refractivity contribution in [2.75, 3.05) is 0 Å². The van der Waals surface area contributed by atoms with Gasteiger partial charge < -0.3 is 5.11 Å². The highest BCUT2D eigenvalue weighted by Crippen LogP contribution is 2.13. The summed E-state index contributed by atoms with van der Waals surface area (Å²) >= 11 is 0. The molecule has 0 unspecified atom stereocenters. The molecule has 0 atom stereocenters.